The van der Waals surface area contributed by atoms with Gasteiger partial charge in [0, 0.05) is 30.7 Å². The van der Waals surface area contributed by atoms with Crippen molar-refractivity contribution < 1.29 is 4.79 Å². The molecule has 0 bridgehead atoms. The lowest BCUT2D eigenvalue weighted by Crippen LogP contribution is -2.33. The highest BCUT2D eigenvalue weighted by atomic mass is 35.5. The number of amides is 1. The van der Waals surface area contributed by atoms with Crippen LogP contribution in [0.25, 0.3) is 10.8 Å². The number of aromatic nitrogens is 1. The van der Waals surface area contributed by atoms with Crippen LogP contribution >= 0.6 is 24.8 Å². The number of rotatable bonds is 2. The van der Waals surface area contributed by atoms with Gasteiger partial charge in [-0.15, -0.1) is 24.8 Å². The summed E-state index contributed by atoms with van der Waals surface area (Å²) in [5.41, 5.74) is 0.565. The Balaban J connectivity index is 0.00000110. The highest BCUT2D eigenvalue weighted by molar-refractivity contribution is 6.05. The van der Waals surface area contributed by atoms with E-state index in [0.29, 0.717) is 11.7 Å². The fraction of sp³-hybridized carbons (Fsp3) is 0.333. The van der Waals surface area contributed by atoms with Crippen molar-refractivity contribution in [1.29, 1.82) is 0 Å². The van der Waals surface area contributed by atoms with Crippen molar-refractivity contribution >= 4 is 41.5 Å². The molecule has 0 spiro atoms. The SMILES string of the molecule is CNC1CCN(C(=O)c2nccc3ccccc23)C1.Cl.Cl. The molecular formula is C15H19Cl2N3O. The summed E-state index contributed by atoms with van der Waals surface area (Å²) < 4.78 is 0. The molecule has 1 aliphatic rings. The van der Waals surface area contributed by atoms with Crippen LogP contribution in [-0.2, 0) is 0 Å². The Bertz CT molecular complexity index is 615. The number of hydrogen-bond donors (Lipinski definition) is 1. The normalized spacial score (nSPS) is 17.2. The Kier molecular flexibility index (Phi) is 6.40. The van der Waals surface area contributed by atoms with Gasteiger partial charge in [-0.3, -0.25) is 9.78 Å². The number of halogens is 2. The predicted octanol–water partition coefficient (Wildman–Crippen LogP) is 2.51. The van der Waals surface area contributed by atoms with E-state index in [1.54, 1.807) is 6.20 Å². The van der Waals surface area contributed by atoms with Crippen molar-refractivity contribution in [3.05, 3.63) is 42.2 Å². The van der Waals surface area contributed by atoms with Crippen LogP contribution in [0.5, 0.6) is 0 Å². The van der Waals surface area contributed by atoms with Gasteiger partial charge in [-0.1, -0.05) is 24.3 Å². The van der Waals surface area contributed by atoms with Gasteiger partial charge < -0.3 is 10.2 Å². The average molecular weight is 328 g/mol. The number of carbonyl (C=O) groups excluding carboxylic acids is 1. The maximum absolute atomic E-state index is 12.6. The number of hydrogen-bond acceptors (Lipinski definition) is 3. The second-order valence-corrected chi connectivity index (χ2v) is 4.91. The quantitative estimate of drug-likeness (QED) is 0.921. The van der Waals surface area contributed by atoms with Gasteiger partial charge in [-0.25, -0.2) is 0 Å². The first-order valence-corrected chi connectivity index (χ1v) is 6.60. The molecule has 2 aromatic rings. The van der Waals surface area contributed by atoms with Crippen molar-refractivity contribution in [3.63, 3.8) is 0 Å². The molecule has 1 aliphatic heterocycles. The lowest BCUT2D eigenvalue weighted by Gasteiger charge is -2.16. The second kappa shape index (κ2) is 7.59. The molecule has 1 N–H and O–H groups in total. The largest absolute Gasteiger partial charge is 0.336 e. The number of nitrogens with zero attached hydrogens (tertiary/aromatic N) is 2. The van der Waals surface area contributed by atoms with E-state index in [0.717, 1.165) is 30.3 Å². The first-order valence-electron chi connectivity index (χ1n) is 6.60. The molecule has 1 aromatic heterocycles. The van der Waals surface area contributed by atoms with E-state index in [4.69, 9.17) is 0 Å². The number of benzene rings is 1. The lowest BCUT2D eigenvalue weighted by atomic mass is 10.1. The van der Waals surface area contributed by atoms with Crippen LogP contribution in [0, 0.1) is 0 Å². The zero-order valence-electron chi connectivity index (χ0n) is 11.8. The minimum atomic E-state index is 0. The molecule has 1 saturated heterocycles. The molecule has 0 saturated carbocycles. The molecular weight excluding hydrogens is 309 g/mol. The molecule has 2 heterocycles. The highest BCUT2D eigenvalue weighted by Gasteiger charge is 2.27. The topological polar surface area (TPSA) is 45.2 Å². The molecule has 0 radical (unpaired) electrons. The van der Waals surface area contributed by atoms with Crippen molar-refractivity contribution in [2.24, 2.45) is 0 Å². The maximum Gasteiger partial charge on any atom is 0.273 e. The van der Waals surface area contributed by atoms with E-state index < -0.39 is 0 Å². The van der Waals surface area contributed by atoms with Crippen molar-refractivity contribution in [2.75, 3.05) is 20.1 Å². The van der Waals surface area contributed by atoms with Crippen molar-refractivity contribution in [3.8, 4) is 0 Å². The van der Waals surface area contributed by atoms with E-state index in [1.807, 2.05) is 42.3 Å². The Hall–Kier alpha value is -1.36. The van der Waals surface area contributed by atoms with Crippen LogP contribution in [0.3, 0.4) is 0 Å². The van der Waals surface area contributed by atoms with Crippen molar-refractivity contribution in [1.82, 2.24) is 15.2 Å². The number of likely N-dealkylation sites (N-methyl/N-ethyl adjacent to an activating group) is 1. The maximum atomic E-state index is 12.6. The van der Waals surface area contributed by atoms with Crippen LogP contribution in [0.15, 0.2) is 36.5 Å². The number of nitrogens with one attached hydrogen (secondary N) is 1. The molecule has 21 heavy (non-hydrogen) atoms. The first kappa shape index (κ1) is 17.7. The van der Waals surface area contributed by atoms with Gasteiger partial charge in [0.1, 0.15) is 5.69 Å². The van der Waals surface area contributed by atoms with Gasteiger partial charge in [-0.05, 0) is 24.9 Å². The van der Waals surface area contributed by atoms with Crippen molar-refractivity contribution in [2.45, 2.75) is 12.5 Å². The Morgan fingerprint density at radius 2 is 2.05 bits per heavy atom. The minimum absolute atomic E-state index is 0. The number of carbonyl (C=O) groups is 1. The molecule has 1 fully saturated rings. The third-order valence-corrected chi connectivity index (χ3v) is 3.76. The monoisotopic (exact) mass is 327 g/mol. The Labute approximate surface area is 136 Å². The van der Waals surface area contributed by atoms with E-state index in [9.17, 15) is 4.79 Å². The minimum Gasteiger partial charge on any atom is -0.336 e. The van der Waals surface area contributed by atoms with E-state index in [2.05, 4.69) is 10.3 Å². The van der Waals surface area contributed by atoms with Crippen LogP contribution in [0.1, 0.15) is 16.9 Å². The summed E-state index contributed by atoms with van der Waals surface area (Å²) in [5, 5.41) is 5.22. The van der Waals surface area contributed by atoms with Gasteiger partial charge in [0.25, 0.3) is 5.91 Å². The first-order chi connectivity index (χ1) is 9.29. The van der Waals surface area contributed by atoms with Crippen LogP contribution < -0.4 is 5.32 Å². The van der Waals surface area contributed by atoms with E-state index >= 15 is 0 Å². The molecule has 1 atom stereocenters. The Morgan fingerprint density at radius 3 is 2.76 bits per heavy atom. The molecule has 3 rings (SSSR count). The summed E-state index contributed by atoms with van der Waals surface area (Å²) in [4.78, 5) is 18.7. The summed E-state index contributed by atoms with van der Waals surface area (Å²) in [6, 6.07) is 10.2. The molecule has 114 valence electrons. The van der Waals surface area contributed by atoms with Crippen LogP contribution in [0.2, 0.25) is 0 Å². The number of likely N-dealkylation sites (tertiary alicyclic amines) is 1. The summed E-state index contributed by atoms with van der Waals surface area (Å²) in [6.07, 6.45) is 2.72. The highest BCUT2D eigenvalue weighted by Crippen LogP contribution is 2.20. The standard InChI is InChI=1S/C15H17N3O.2ClH/c1-16-12-7-9-18(10-12)15(19)14-13-5-3-2-4-11(13)6-8-17-14;;/h2-6,8,12,16H,7,9-10H2,1H3;2*1H. The summed E-state index contributed by atoms with van der Waals surface area (Å²) >= 11 is 0. The van der Waals surface area contributed by atoms with Gasteiger partial charge >= 0.3 is 0 Å². The van der Waals surface area contributed by atoms with E-state index in [1.165, 1.54) is 0 Å². The molecule has 1 amide bonds. The molecule has 6 heteroatoms. The van der Waals surface area contributed by atoms with Crippen LogP contribution in [-0.4, -0.2) is 42.0 Å². The number of pyridine rings is 1. The summed E-state index contributed by atoms with van der Waals surface area (Å²) in [5.74, 6) is 0.0366. The average Bonchev–Trinajstić information content (AvgIpc) is 2.95. The zero-order chi connectivity index (χ0) is 13.2. The summed E-state index contributed by atoms with van der Waals surface area (Å²) in [7, 11) is 1.94. The smallest absolute Gasteiger partial charge is 0.273 e. The molecule has 0 aliphatic carbocycles. The number of fused-ring (bicyclic) bond motifs is 1. The third-order valence-electron chi connectivity index (χ3n) is 3.76. The predicted molar refractivity (Wildman–Crippen MR) is 89.6 cm³/mol. The molecule has 4 nitrogen and oxygen atoms in total. The third kappa shape index (κ3) is 3.46. The zero-order valence-corrected chi connectivity index (χ0v) is 13.4. The van der Waals surface area contributed by atoms with Crippen LogP contribution in [0.4, 0.5) is 0 Å². The molecule has 1 unspecified atom stereocenters. The van der Waals surface area contributed by atoms with Gasteiger partial charge in [0.2, 0.25) is 0 Å². The summed E-state index contributed by atoms with van der Waals surface area (Å²) in [6.45, 7) is 1.56. The van der Waals surface area contributed by atoms with Gasteiger partial charge in [-0.2, -0.15) is 0 Å². The fourth-order valence-corrected chi connectivity index (χ4v) is 2.62. The van der Waals surface area contributed by atoms with E-state index in [-0.39, 0.29) is 30.7 Å². The van der Waals surface area contributed by atoms with Gasteiger partial charge in [0.05, 0.1) is 0 Å². The Morgan fingerprint density at radius 1 is 1.29 bits per heavy atom. The fourth-order valence-electron chi connectivity index (χ4n) is 2.62. The van der Waals surface area contributed by atoms with Gasteiger partial charge in [0.15, 0.2) is 0 Å². The second-order valence-electron chi connectivity index (χ2n) is 4.91. The molecule has 1 aromatic carbocycles. The lowest BCUT2D eigenvalue weighted by molar-refractivity contribution is 0.0786.